The van der Waals surface area contributed by atoms with Gasteiger partial charge >= 0.3 is 6.09 Å². The van der Waals surface area contributed by atoms with Crippen LogP contribution in [-0.2, 0) is 32.3 Å². The largest absolute Gasteiger partial charge is 0.494 e. The third kappa shape index (κ3) is 18.1. The van der Waals surface area contributed by atoms with E-state index in [1.807, 2.05) is 95.3 Å². The van der Waals surface area contributed by atoms with Crippen LogP contribution in [0.15, 0.2) is 159 Å². The first kappa shape index (κ1) is 72.1. The molecule has 562 valence electrons. The SMILES string of the molecule is CN1CCN(C(=O)C2CC2)CCNc2ccn3ncc(c3n2)-c2cccc(c2)C1.O=C(C1CC1)N1CCNc2ccn3ncc(c3n2)-c2cc(CO)cc(c2)OCC1.O=C1CCNc2ccn3ncc(c3n2)-c2cc(F)cc(c2)OCCN1.O=C1NCCCOc2cccc(c2)-c2cnn3ccc(nc23)NCCO1. The summed E-state index contributed by atoms with van der Waals surface area (Å²) < 4.78 is 43.3. The Bertz CT molecular complexity index is 5250. The van der Waals surface area contributed by atoms with Crippen molar-refractivity contribution in [3.8, 4) is 61.8 Å². The number of aliphatic hydroxyl groups excluding tert-OH is 1. The molecule has 6 aliphatic rings. The number of hydrogen-bond acceptors (Lipinski definition) is 22. The quantitative estimate of drug-likeness (QED) is 0.0870. The maximum atomic E-state index is 14.0. The van der Waals surface area contributed by atoms with Crippen LogP contribution in [0, 0.1) is 17.7 Å². The average molecular weight is 1480 g/mol. The Labute approximate surface area is 626 Å². The molecule has 12 aromatic rings. The van der Waals surface area contributed by atoms with Gasteiger partial charge in [0.1, 0.15) is 66.2 Å². The minimum atomic E-state index is -0.431. The third-order valence-electron chi connectivity index (χ3n) is 19.0. The number of carbonyl (C=O) groups is 4. The Kier molecular flexibility index (Phi) is 22.2. The van der Waals surface area contributed by atoms with Crippen LogP contribution in [0.1, 0.15) is 49.7 Å². The van der Waals surface area contributed by atoms with E-state index in [4.69, 9.17) is 28.9 Å². The predicted octanol–water partition coefficient (Wildman–Crippen LogP) is 8.59. The van der Waals surface area contributed by atoms with Crippen molar-refractivity contribution in [2.75, 3.05) is 127 Å². The van der Waals surface area contributed by atoms with Crippen LogP contribution in [0.25, 0.3) is 67.1 Å². The van der Waals surface area contributed by atoms with Crippen molar-refractivity contribution in [1.29, 1.82) is 0 Å². The van der Waals surface area contributed by atoms with Crippen LogP contribution in [0.2, 0.25) is 0 Å². The lowest BCUT2D eigenvalue weighted by molar-refractivity contribution is -0.133. The van der Waals surface area contributed by atoms with Crippen molar-refractivity contribution in [2.24, 2.45) is 11.8 Å². The second kappa shape index (κ2) is 33.5. The molecule has 8 aromatic heterocycles. The smallest absolute Gasteiger partial charge is 0.407 e. The Morgan fingerprint density at radius 2 is 0.954 bits per heavy atom. The van der Waals surface area contributed by atoms with E-state index in [0.717, 1.165) is 119 Å². The van der Waals surface area contributed by atoms with Crippen LogP contribution in [0.3, 0.4) is 0 Å². The number of rotatable bonds is 3. The normalized spacial score (nSPS) is 16.5. The van der Waals surface area contributed by atoms with Gasteiger partial charge in [0.15, 0.2) is 22.6 Å². The Morgan fingerprint density at radius 1 is 0.468 bits per heavy atom. The van der Waals surface area contributed by atoms with Crippen molar-refractivity contribution in [3.05, 3.63) is 176 Å². The Morgan fingerprint density at radius 3 is 1.54 bits per heavy atom. The number of nitrogens with zero attached hydrogens (tertiary/aromatic N) is 15. The van der Waals surface area contributed by atoms with E-state index in [9.17, 15) is 28.7 Å². The maximum absolute atomic E-state index is 14.0. The third-order valence-corrected chi connectivity index (χ3v) is 19.0. The first-order valence-corrected chi connectivity index (χ1v) is 36.8. The molecule has 0 saturated heterocycles. The molecule has 4 aromatic carbocycles. The minimum absolute atomic E-state index is 0.0861. The van der Waals surface area contributed by atoms with Gasteiger partial charge < -0.3 is 70.7 Å². The van der Waals surface area contributed by atoms with Crippen molar-refractivity contribution < 1.29 is 47.6 Å². The number of cyclic esters (lactones) is 1. The number of anilines is 4. The van der Waals surface area contributed by atoms with Gasteiger partial charge in [0.05, 0.1) is 57.6 Å². The molecule has 2 saturated carbocycles. The summed E-state index contributed by atoms with van der Waals surface area (Å²) in [5.74, 6) is 5.11. The van der Waals surface area contributed by atoms with Gasteiger partial charge in [-0.15, -0.1) is 0 Å². The summed E-state index contributed by atoms with van der Waals surface area (Å²) in [6.45, 7) is 8.68. The Hall–Kier alpha value is -12.5. The van der Waals surface area contributed by atoms with Gasteiger partial charge in [0.2, 0.25) is 17.7 Å². The van der Waals surface area contributed by atoms with Gasteiger partial charge in [0.25, 0.3) is 0 Å². The molecule has 2 aliphatic carbocycles. The van der Waals surface area contributed by atoms with E-state index in [2.05, 4.69) is 98.5 Å². The summed E-state index contributed by atoms with van der Waals surface area (Å²) in [5.41, 5.74) is 12.1. The summed E-state index contributed by atoms with van der Waals surface area (Å²) in [4.78, 5) is 73.5. The molecule has 31 heteroatoms. The number of halogens is 1. The highest BCUT2D eigenvalue weighted by Gasteiger charge is 2.34. The van der Waals surface area contributed by atoms with Crippen LogP contribution in [0.5, 0.6) is 17.2 Å². The van der Waals surface area contributed by atoms with Gasteiger partial charge in [-0.2, -0.15) is 20.4 Å². The average Bonchev–Trinajstić information content (AvgIpc) is 1.67. The molecule has 16 bridgehead atoms. The number of alkyl carbamates (subject to hydrolysis) is 1. The standard InChI is InChI=1S/C22H26N6O.C21H23N5O3.C18H19N5O3.C17H16FN5O2/c1-26-11-12-27(22(29)17-5-6-17)10-8-23-20-7-9-28-21(25-20)19(14-24-28)18-4-2-3-16(13-18)15-26;27-13-14-9-16-11-17(10-14)29-8-7-25(21(28)15-1-2-15)6-4-22-19-3-5-26-20(24-19)18(16)12-23-26;24-18-20-6-2-9-25-14-4-1-3-13(11-14)15-12-21-23-8-5-16(22-17(15)23)19-7-10-26-18;18-12-7-11-8-13(9-12)25-6-4-20-16(24)1-3-19-15-2-5-23-17(22-15)14(11)10-21-23/h2-4,7,9,13-14,17H,5-6,8,10-12,15H2,1H3,(H,23,25);3,5,9-12,15,27H,1-2,4,6-8,13H2,(H,22,24);1,3-5,8,11-12H,2,6-7,9-10H2,(H,19,22)(H,20,24);2,5,7-10H,1,3-4,6H2,(H,19,22)(H,20,24). The summed E-state index contributed by atoms with van der Waals surface area (Å²) >= 11 is 0. The number of nitrogens with one attached hydrogen (secondary N) is 6. The van der Waals surface area contributed by atoms with Crippen LogP contribution < -0.4 is 46.1 Å². The minimum Gasteiger partial charge on any atom is -0.494 e. The highest BCUT2D eigenvalue weighted by atomic mass is 19.1. The lowest BCUT2D eigenvalue weighted by Crippen LogP contribution is -2.40. The molecule has 4 amide bonds. The molecule has 0 spiro atoms. The molecular formula is C78H84FN21O9. The summed E-state index contributed by atoms with van der Waals surface area (Å²) in [5, 5.41) is 45.6. The maximum Gasteiger partial charge on any atom is 0.407 e. The molecule has 30 nitrogen and oxygen atoms in total. The van der Waals surface area contributed by atoms with Crippen LogP contribution in [-0.4, -0.2) is 207 Å². The first-order valence-electron chi connectivity index (χ1n) is 36.8. The number of hydrogen-bond donors (Lipinski definition) is 7. The molecule has 0 unspecified atom stereocenters. The number of benzene rings is 4. The van der Waals surface area contributed by atoms with Gasteiger partial charge in [-0.3, -0.25) is 14.4 Å². The van der Waals surface area contributed by atoms with E-state index in [-0.39, 0.29) is 43.5 Å². The lowest BCUT2D eigenvalue weighted by Gasteiger charge is -2.26. The van der Waals surface area contributed by atoms with E-state index in [1.165, 1.54) is 17.7 Å². The highest BCUT2D eigenvalue weighted by Crippen LogP contribution is 2.35. The molecule has 0 atom stereocenters. The summed E-state index contributed by atoms with van der Waals surface area (Å²) in [6.07, 6.45) is 19.1. The molecule has 12 heterocycles. The van der Waals surface area contributed by atoms with E-state index >= 15 is 0 Å². The zero-order valence-corrected chi connectivity index (χ0v) is 60.2. The summed E-state index contributed by atoms with van der Waals surface area (Å²) in [6, 6.07) is 34.0. The molecule has 109 heavy (non-hydrogen) atoms. The molecule has 18 rings (SSSR count). The summed E-state index contributed by atoms with van der Waals surface area (Å²) in [7, 11) is 2.12. The number of aromatic nitrogens is 12. The van der Waals surface area contributed by atoms with Gasteiger partial charge in [-0.25, -0.2) is 47.2 Å². The molecule has 4 aliphatic heterocycles. The predicted molar refractivity (Wildman–Crippen MR) is 407 cm³/mol. The fourth-order valence-corrected chi connectivity index (χ4v) is 13.1. The number of likely N-dealkylation sites (N-methyl/N-ethyl adjacent to an activating group) is 1. The number of amides is 4. The zero-order valence-electron chi connectivity index (χ0n) is 60.2. The molecular weight excluding hydrogens is 1390 g/mol. The topological polar surface area (TPSA) is 328 Å². The fourth-order valence-electron chi connectivity index (χ4n) is 13.1. The second-order valence-corrected chi connectivity index (χ2v) is 27.2. The number of aliphatic hydroxyl groups is 1. The van der Waals surface area contributed by atoms with E-state index in [0.29, 0.717) is 131 Å². The van der Waals surface area contributed by atoms with Crippen LogP contribution >= 0.6 is 0 Å². The molecule has 0 radical (unpaired) electrons. The number of ether oxygens (including phenoxy) is 4. The van der Waals surface area contributed by atoms with Crippen molar-refractivity contribution in [3.63, 3.8) is 0 Å². The zero-order chi connectivity index (χ0) is 74.6. The Balaban J connectivity index is 0.000000116. The number of fused-ring (bicyclic) bond motifs is 16. The molecule has 7 N–H and O–H groups in total. The van der Waals surface area contributed by atoms with E-state index in [1.54, 1.807) is 55.0 Å². The highest BCUT2D eigenvalue weighted by molar-refractivity contribution is 5.84. The first-order chi connectivity index (χ1) is 53.4. The lowest BCUT2D eigenvalue weighted by atomic mass is 10.1. The fraction of sp³-hybridized carbons (Fsp3) is 0.333. The second-order valence-electron chi connectivity index (χ2n) is 27.2. The van der Waals surface area contributed by atoms with Crippen molar-refractivity contribution in [1.82, 2.24) is 83.7 Å². The van der Waals surface area contributed by atoms with E-state index < -0.39 is 11.9 Å². The van der Waals surface area contributed by atoms with Crippen LogP contribution in [0.4, 0.5) is 32.5 Å². The molecule has 2 fully saturated rings. The van der Waals surface area contributed by atoms with Gasteiger partial charge in [-0.05, 0) is 145 Å². The van der Waals surface area contributed by atoms with Gasteiger partial charge in [-0.1, -0.05) is 30.3 Å². The van der Waals surface area contributed by atoms with Crippen molar-refractivity contribution in [2.45, 2.75) is 51.7 Å². The van der Waals surface area contributed by atoms with Crippen molar-refractivity contribution >= 4 is 69.7 Å². The van der Waals surface area contributed by atoms with Gasteiger partial charge in [0, 0.05) is 130 Å². The monoisotopic (exact) mass is 1480 g/mol. The number of carbonyl (C=O) groups excluding carboxylic acids is 4.